The lowest BCUT2D eigenvalue weighted by Crippen LogP contribution is -2.54. The number of anilines is 1. The summed E-state index contributed by atoms with van der Waals surface area (Å²) < 4.78 is 5.21. The van der Waals surface area contributed by atoms with Crippen LogP contribution in [-0.4, -0.2) is 44.3 Å². The van der Waals surface area contributed by atoms with Crippen molar-refractivity contribution in [1.29, 1.82) is 0 Å². The number of hydrogen-bond acceptors (Lipinski definition) is 4. The van der Waals surface area contributed by atoms with Crippen LogP contribution in [0.25, 0.3) is 0 Å². The predicted molar refractivity (Wildman–Crippen MR) is 82.3 cm³/mol. The van der Waals surface area contributed by atoms with Crippen LogP contribution >= 0.6 is 0 Å². The zero-order chi connectivity index (χ0) is 14.7. The van der Waals surface area contributed by atoms with Crippen LogP contribution in [0.15, 0.2) is 24.3 Å². The molecule has 1 fully saturated rings. The van der Waals surface area contributed by atoms with Gasteiger partial charge in [-0.15, -0.1) is 0 Å². The lowest BCUT2D eigenvalue weighted by Gasteiger charge is -2.22. The van der Waals surface area contributed by atoms with Crippen molar-refractivity contribution in [3.63, 3.8) is 0 Å². The Balaban J connectivity index is 1.42. The number of nitrogens with one attached hydrogen (secondary N) is 1. The van der Waals surface area contributed by atoms with Crippen LogP contribution in [0.3, 0.4) is 0 Å². The maximum atomic E-state index is 12.0. The summed E-state index contributed by atoms with van der Waals surface area (Å²) in [6, 6.07) is 8.53. The highest BCUT2D eigenvalue weighted by atomic mass is 16.5. The molecule has 0 saturated carbocycles. The molecular formula is C16H23N3O2. The van der Waals surface area contributed by atoms with Crippen molar-refractivity contribution in [2.75, 3.05) is 37.7 Å². The molecule has 5 nitrogen and oxygen atoms in total. The van der Waals surface area contributed by atoms with Gasteiger partial charge in [0.1, 0.15) is 5.54 Å². The zero-order valence-corrected chi connectivity index (χ0v) is 12.3. The van der Waals surface area contributed by atoms with Gasteiger partial charge in [-0.05, 0) is 30.9 Å². The number of nitrogens with zero attached hydrogens (tertiary/aromatic N) is 1. The average Bonchev–Trinajstić information content (AvgIpc) is 3.11. The SMILES string of the molecule is NC1(C(=O)NCCCN2CCc3ccccc32)CCOC1. The number of fused-ring (bicyclic) bond motifs is 1. The Morgan fingerprint density at radius 3 is 3.10 bits per heavy atom. The number of hydrogen-bond donors (Lipinski definition) is 2. The molecule has 1 aromatic rings. The van der Waals surface area contributed by atoms with Gasteiger partial charge in [-0.3, -0.25) is 4.79 Å². The number of benzene rings is 1. The minimum atomic E-state index is -0.819. The summed E-state index contributed by atoms with van der Waals surface area (Å²) in [7, 11) is 0. The van der Waals surface area contributed by atoms with Crippen LogP contribution in [0, 0.1) is 0 Å². The first-order valence-corrected chi connectivity index (χ1v) is 7.67. The van der Waals surface area contributed by atoms with E-state index in [-0.39, 0.29) is 5.91 Å². The summed E-state index contributed by atoms with van der Waals surface area (Å²) in [5.74, 6) is -0.0816. The van der Waals surface area contributed by atoms with Crippen LogP contribution in [0.1, 0.15) is 18.4 Å². The molecule has 0 aliphatic carbocycles. The second-order valence-electron chi connectivity index (χ2n) is 5.93. The fourth-order valence-electron chi connectivity index (χ4n) is 3.05. The third-order valence-corrected chi connectivity index (χ3v) is 4.38. The third-order valence-electron chi connectivity index (χ3n) is 4.38. The van der Waals surface area contributed by atoms with E-state index in [2.05, 4.69) is 34.5 Å². The van der Waals surface area contributed by atoms with Crippen LogP contribution < -0.4 is 16.0 Å². The van der Waals surface area contributed by atoms with Crippen LogP contribution in [0.4, 0.5) is 5.69 Å². The Kier molecular flexibility index (Phi) is 4.12. The maximum absolute atomic E-state index is 12.0. The van der Waals surface area contributed by atoms with Crippen molar-refractivity contribution in [3.05, 3.63) is 29.8 Å². The summed E-state index contributed by atoms with van der Waals surface area (Å²) in [6.07, 6.45) is 2.65. The molecule has 0 aromatic heterocycles. The van der Waals surface area contributed by atoms with Crippen molar-refractivity contribution < 1.29 is 9.53 Å². The van der Waals surface area contributed by atoms with E-state index >= 15 is 0 Å². The average molecular weight is 289 g/mol. The van der Waals surface area contributed by atoms with Gasteiger partial charge in [0.05, 0.1) is 6.61 Å². The van der Waals surface area contributed by atoms with Crippen LogP contribution in [-0.2, 0) is 16.0 Å². The van der Waals surface area contributed by atoms with Crippen molar-refractivity contribution >= 4 is 11.6 Å². The molecule has 1 aromatic carbocycles. The molecule has 3 rings (SSSR count). The first-order chi connectivity index (χ1) is 10.2. The van der Waals surface area contributed by atoms with Gasteiger partial charge in [0.2, 0.25) is 5.91 Å². The molecule has 2 aliphatic heterocycles. The molecule has 21 heavy (non-hydrogen) atoms. The smallest absolute Gasteiger partial charge is 0.242 e. The summed E-state index contributed by atoms with van der Waals surface area (Å²) in [5.41, 5.74) is 7.96. The van der Waals surface area contributed by atoms with Gasteiger partial charge in [0.25, 0.3) is 0 Å². The van der Waals surface area contributed by atoms with Crippen LogP contribution in [0.2, 0.25) is 0 Å². The zero-order valence-electron chi connectivity index (χ0n) is 12.3. The monoisotopic (exact) mass is 289 g/mol. The standard InChI is InChI=1S/C16H23N3O2/c17-16(7-11-21-12-16)15(20)18-8-3-9-19-10-6-13-4-1-2-5-14(13)19/h1-2,4-5H,3,6-12,17H2,(H,18,20). The van der Waals surface area contributed by atoms with Crippen LogP contribution in [0.5, 0.6) is 0 Å². The fourth-order valence-corrected chi connectivity index (χ4v) is 3.05. The topological polar surface area (TPSA) is 67.6 Å². The van der Waals surface area contributed by atoms with Crippen molar-refractivity contribution in [2.45, 2.75) is 24.8 Å². The van der Waals surface area contributed by atoms with Crippen molar-refractivity contribution in [1.82, 2.24) is 5.32 Å². The second-order valence-corrected chi connectivity index (χ2v) is 5.93. The van der Waals surface area contributed by atoms with Gasteiger partial charge in [0, 0.05) is 31.9 Å². The molecule has 0 bridgehead atoms. The summed E-state index contributed by atoms with van der Waals surface area (Å²) in [6.45, 7) is 3.61. The summed E-state index contributed by atoms with van der Waals surface area (Å²) >= 11 is 0. The molecule has 114 valence electrons. The Morgan fingerprint density at radius 1 is 1.43 bits per heavy atom. The van der Waals surface area contributed by atoms with Crippen molar-refractivity contribution in [2.24, 2.45) is 5.73 Å². The Hall–Kier alpha value is -1.59. The molecule has 1 amide bonds. The predicted octanol–water partition coefficient (Wildman–Crippen LogP) is 0.673. The number of amides is 1. The molecular weight excluding hydrogens is 266 g/mol. The molecule has 2 heterocycles. The number of rotatable bonds is 5. The summed E-state index contributed by atoms with van der Waals surface area (Å²) in [5, 5.41) is 2.94. The lowest BCUT2D eigenvalue weighted by molar-refractivity contribution is -0.126. The molecule has 1 saturated heterocycles. The quantitative estimate of drug-likeness (QED) is 0.782. The number of para-hydroxylation sites is 1. The van der Waals surface area contributed by atoms with E-state index in [0.717, 1.165) is 25.9 Å². The molecule has 2 aliphatic rings. The van der Waals surface area contributed by atoms with E-state index in [1.807, 2.05) is 0 Å². The largest absolute Gasteiger partial charge is 0.379 e. The summed E-state index contributed by atoms with van der Waals surface area (Å²) in [4.78, 5) is 14.4. The Bertz CT molecular complexity index is 512. The number of nitrogens with two attached hydrogens (primary N) is 1. The van der Waals surface area contributed by atoms with Gasteiger partial charge in [-0.2, -0.15) is 0 Å². The van der Waals surface area contributed by atoms with E-state index in [9.17, 15) is 4.79 Å². The Labute approximate surface area is 125 Å². The van der Waals surface area contributed by atoms with E-state index in [1.165, 1.54) is 11.3 Å². The first-order valence-electron chi connectivity index (χ1n) is 7.67. The fraction of sp³-hybridized carbons (Fsp3) is 0.562. The van der Waals surface area contributed by atoms with E-state index in [4.69, 9.17) is 10.5 Å². The molecule has 3 N–H and O–H groups in total. The number of carbonyl (C=O) groups is 1. The van der Waals surface area contributed by atoms with E-state index in [1.54, 1.807) is 0 Å². The minimum Gasteiger partial charge on any atom is -0.379 e. The van der Waals surface area contributed by atoms with Gasteiger partial charge < -0.3 is 20.7 Å². The number of ether oxygens (including phenoxy) is 1. The minimum absolute atomic E-state index is 0.0816. The molecule has 5 heteroatoms. The lowest BCUT2D eigenvalue weighted by atomic mass is 9.99. The van der Waals surface area contributed by atoms with Gasteiger partial charge in [-0.1, -0.05) is 18.2 Å². The van der Waals surface area contributed by atoms with Gasteiger partial charge in [-0.25, -0.2) is 0 Å². The molecule has 1 unspecified atom stereocenters. The van der Waals surface area contributed by atoms with Crippen molar-refractivity contribution in [3.8, 4) is 0 Å². The number of carbonyl (C=O) groups excluding carboxylic acids is 1. The third kappa shape index (κ3) is 3.04. The van der Waals surface area contributed by atoms with Gasteiger partial charge >= 0.3 is 0 Å². The van der Waals surface area contributed by atoms with E-state index < -0.39 is 5.54 Å². The highest BCUT2D eigenvalue weighted by molar-refractivity contribution is 5.86. The highest BCUT2D eigenvalue weighted by Crippen LogP contribution is 2.27. The molecule has 0 radical (unpaired) electrons. The molecule has 0 spiro atoms. The van der Waals surface area contributed by atoms with E-state index in [0.29, 0.717) is 26.2 Å². The second kappa shape index (κ2) is 6.03. The highest BCUT2D eigenvalue weighted by Gasteiger charge is 2.37. The Morgan fingerprint density at radius 2 is 2.29 bits per heavy atom. The first kappa shape index (κ1) is 14.4. The normalized spacial score (nSPS) is 24.1. The maximum Gasteiger partial charge on any atom is 0.242 e. The van der Waals surface area contributed by atoms with Gasteiger partial charge in [0.15, 0.2) is 0 Å². The molecule has 1 atom stereocenters.